The molecule has 5 nitrogen and oxygen atoms in total. The van der Waals surface area contributed by atoms with E-state index in [1.165, 1.54) is 16.3 Å². The molecule has 1 heterocycles. The molecular formula is C19H24IN5. The molecule has 0 aliphatic heterocycles. The molecule has 0 spiro atoms. The van der Waals surface area contributed by atoms with Crippen molar-refractivity contribution >= 4 is 40.7 Å². The molecule has 25 heavy (non-hydrogen) atoms. The molecule has 0 amide bonds. The minimum Gasteiger partial charge on any atom is -0.352 e. The molecule has 0 radical (unpaired) electrons. The maximum atomic E-state index is 4.37. The third-order valence-electron chi connectivity index (χ3n) is 4.02. The molecule has 0 aliphatic carbocycles. The van der Waals surface area contributed by atoms with E-state index in [0.717, 1.165) is 24.6 Å². The van der Waals surface area contributed by atoms with Crippen LogP contribution in [0, 0.1) is 0 Å². The van der Waals surface area contributed by atoms with E-state index in [1.807, 2.05) is 38.2 Å². The van der Waals surface area contributed by atoms with E-state index in [9.17, 15) is 0 Å². The van der Waals surface area contributed by atoms with Crippen LogP contribution in [0.2, 0.25) is 0 Å². The van der Waals surface area contributed by atoms with Crippen LogP contribution in [0.3, 0.4) is 0 Å². The molecule has 1 N–H and O–H groups in total. The Morgan fingerprint density at radius 3 is 2.60 bits per heavy atom. The Balaban J connectivity index is 0.00000225. The maximum absolute atomic E-state index is 4.37. The zero-order chi connectivity index (χ0) is 16.9. The van der Waals surface area contributed by atoms with Crippen LogP contribution in [0.15, 0.2) is 59.9 Å². The monoisotopic (exact) mass is 449 g/mol. The first kappa shape index (κ1) is 19.2. The second kappa shape index (κ2) is 8.84. The summed E-state index contributed by atoms with van der Waals surface area (Å²) in [5, 5.41) is 10.2. The molecule has 6 heteroatoms. The number of hydrogen-bond acceptors (Lipinski definition) is 2. The van der Waals surface area contributed by atoms with Crippen molar-refractivity contribution in [2.24, 2.45) is 12.0 Å². The van der Waals surface area contributed by atoms with Crippen molar-refractivity contribution in [3.63, 3.8) is 0 Å². The van der Waals surface area contributed by atoms with Crippen molar-refractivity contribution in [2.45, 2.75) is 13.1 Å². The fourth-order valence-corrected chi connectivity index (χ4v) is 2.82. The molecule has 1 aromatic heterocycles. The lowest BCUT2D eigenvalue weighted by atomic mass is 10.1. The van der Waals surface area contributed by atoms with Gasteiger partial charge in [-0.25, -0.2) is 0 Å². The van der Waals surface area contributed by atoms with Gasteiger partial charge in [0.25, 0.3) is 0 Å². The quantitative estimate of drug-likeness (QED) is 0.378. The first-order valence-electron chi connectivity index (χ1n) is 8.02. The number of aromatic nitrogens is 2. The second-order valence-corrected chi connectivity index (χ2v) is 5.96. The van der Waals surface area contributed by atoms with Crippen LogP contribution in [-0.2, 0) is 20.1 Å². The Morgan fingerprint density at radius 1 is 1.16 bits per heavy atom. The van der Waals surface area contributed by atoms with Gasteiger partial charge in [0.1, 0.15) is 0 Å². The lowest BCUT2D eigenvalue weighted by Gasteiger charge is -2.21. The molecule has 0 aliphatic rings. The van der Waals surface area contributed by atoms with Gasteiger partial charge >= 0.3 is 0 Å². The largest absolute Gasteiger partial charge is 0.352 e. The third-order valence-corrected chi connectivity index (χ3v) is 4.02. The molecule has 0 unspecified atom stereocenters. The van der Waals surface area contributed by atoms with Gasteiger partial charge in [-0.15, -0.1) is 24.0 Å². The number of rotatable bonds is 4. The number of aryl methyl sites for hydroxylation is 1. The van der Waals surface area contributed by atoms with Crippen LogP contribution in [0.4, 0.5) is 0 Å². The SMILES string of the molecule is CN=C(NCc1ccc2ccccc2c1)N(C)Cc1cnn(C)c1.I. The molecule has 0 saturated heterocycles. The van der Waals surface area contributed by atoms with E-state index < -0.39 is 0 Å². The highest BCUT2D eigenvalue weighted by molar-refractivity contribution is 14.0. The fraction of sp³-hybridized carbons (Fsp3) is 0.263. The Bertz CT molecular complexity index is 856. The van der Waals surface area contributed by atoms with E-state index >= 15 is 0 Å². The average Bonchev–Trinajstić information content (AvgIpc) is 3.00. The summed E-state index contributed by atoms with van der Waals surface area (Å²) in [6.45, 7) is 1.51. The molecule has 3 rings (SSSR count). The Morgan fingerprint density at radius 2 is 1.92 bits per heavy atom. The third kappa shape index (κ3) is 4.94. The van der Waals surface area contributed by atoms with Crippen LogP contribution in [-0.4, -0.2) is 34.7 Å². The number of hydrogen-bond donors (Lipinski definition) is 1. The van der Waals surface area contributed by atoms with Gasteiger partial charge in [0, 0.05) is 46.0 Å². The van der Waals surface area contributed by atoms with E-state index in [1.54, 1.807) is 0 Å². The topological polar surface area (TPSA) is 45.5 Å². The minimum absolute atomic E-state index is 0. The van der Waals surface area contributed by atoms with Gasteiger partial charge in [0.2, 0.25) is 0 Å². The second-order valence-electron chi connectivity index (χ2n) is 5.96. The van der Waals surface area contributed by atoms with Gasteiger partial charge in [0.05, 0.1) is 6.20 Å². The Labute approximate surface area is 165 Å². The van der Waals surface area contributed by atoms with Crippen LogP contribution in [0.5, 0.6) is 0 Å². The predicted octanol–water partition coefficient (Wildman–Crippen LogP) is 3.40. The smallest absolute Gasteiger partial charge is 0.193 e. The maximum Gasteiger partial charge on any atom is 0.193 e. The number of guanidine groups is 1. The van der Waals surface area contributed by atoms with E-state index in [0.29, 0.717) is 0 Å². The molecule has 132 valence electrons. The average molecular weight is 449 g/mol. The summed E-state index contributed by atoms with van der Waals surface area (Å²) < 4.78 is 1.81. The molecule has 0 bridgehead atoms. The van der Waals surface area contributed by atoms with Crippen molar-refractivity contribution in [1.82, 2.24) is 20.0 Å². The van der Waals surface area contributed by atoms with Crippen LogP contribution < -0.4 is 5.32 Å². The number of halogens is 1. The number of nitrogens with one attached hydrogen (secondary N) is 1. The summed E-state index contributed by atoms with van der Waals surface area (Å²) in [6, 6.07) is 14.9. The van der Waals surface area contributed by atoms with E-state index in [2.05, 4.69) is 62.8 Å². The zero-order valence-electron chi connectivity index (χ0n) is 14.8. The molecule has 3 aromatic rings. The van der Waals surface area contributed by atoms with Crippen LogP contribution in [0.25, 0.3) is 10.8 Å². The van der Waals surface area contributed by atoms with E-state index in [-0.39, 0.29) is 24.0 Å². The highest BCUT2D eigenvalue weighted by Gasteiger charge is 2.08. The van der Waals surface area contributed by atoms with Crippen molar-refractivity contribution in [3.8, 4) is 0 Å². The highest BCUT2D eigenvalue weighted by Crippen LogP contribution is 2.15. The molecule has 0 atom stereocenters. The van der Waals surface area contributed by atoms with Crippen molar-refractivity contribution in [1.29, 1.82) is 0 Å². The van der Waals surface area contributed by atoms with Gasteiger partial charge in [-0.1, -0.05) is 36.4 Å². The zero-order valence-corrected chi connectivity index (χ0v) is 17.1. The molecular weight excluding hydrogens is 425 g/mol. The van der Waals surface area contributed by atoms with E-state index in [4.69, 9.17) is 0 Å². The number of nitrogens with zero attached hydrogens (tertiary/aromatic N) is 4. The minimum atomic E-state index is 0. The Kier molecular flexibility index (Phi) is 6.81. The number of aliphatic imine (C=N–C) groups is 1. The first-order valence-corrected chi connectivity index (χ1v) is 8.02. The number of benzene rings is 2. The van der Waals surface area contributed by atoms with Crippen LogP contribution >= 0.6 is 24.0 Å². The predicted molar refractivity (Wildman–Crippen MR) is 114 cm³/mol. The summed E-state index contributed by atoms with van der Waals surface area (Å²) in [5.41, 5.74) is 2.40. The van der Waals surface area contributed by atoms with Crippen molar-refractivity contribution in [2.75, 3.05) is 14.1 Å². The van der Waals surface area contributed by atoms with Crippen molar-refractivity contribution < 1.29 is 0 Å². The molecule has 2 aromatic carbocycles. The van der Waals surface area contributed by atoms with Gasteiger partial charge in [0.15, 0.2) is 5.96 Å². The molecule has 0 fully saturated rings. The summed E-state index contributed by atoms with van der Waals surface area (Å²) >= 11 is 0. The summed E-state index contributed by atoms with van der Waals surface area (Å²) in [4.78, 5) is 6.47. The normalized spacial score (nSPS) is 11.2. The van der Waals surface area contributed by atoms with Gasteiger partial charge in [-0.3, -0.25) is 9.67 Å². The summed E-state index contributed by atoms with van der Waals surface area (Å²) in [7, 11) is 5.77. The van der Waals surface area contributed by atoms with Gasteiger partial charge in [-0.2, -0.15) is 5.10 Å². The number of fused-ring (bicyclic) bond motifs is 1. The van der Waals surface area contributed by atoms with Crippen LogP contribution in [0.1, 0.15) is 11.1 Å². The Hall–Kier alpha value is -2.09. The summed E-state index contributed by atoms with van der Waals surface area (Å²) in [5.74, 6) is 0.868. The van der Waals surface area contributed by atoms with Crippen molar-refractivity contribution in [3.05, 3.63) is 66.0 Å². The fourth-order valence-electron chi connectivity index (χ4n) is 2.82. The highest BCUT2D eigenvalue weighted by atomic mass is 127. The standard InChI is InChI=1S/C19H23N5.HI/c1-20-19(23(2)13-16-12-22-24(3)14-16)21-11-15-8-9-17-6-4-5-7-18(17)10-15;/h4-10,12,14H,11,13H2,1-3H3,(H,20,21);1H. The lowest BCUT2D eigenvalue weighted by molar-refractivity contribution is 0.476. The summed E-state index contributed by atoms with van der Waals surface area (Å²) in [6.07, 6.45) is 3.90. The lowest BCUT2D eigenvalue weighted by Crippen LogP contribution is -2.37. The van der Waals surface area contributed by atoms with Gasteiger partial charge < -0.3 is 10.2 Å². The first-order chi connectivity index (χ1) is 11.7. The van der Waals surface area contributed by atoms with Gasteiger partial charge in [-0.05, 0) is 22.4 Å². The molecule has 0 saturated carbocycles.